The van der Waals surface area contributed by atoms with Crippen LogP contribution >= 0.6 is 0 Å². The number of fused-ring (bicyclic) bond motifs is 1. The maximum atomic E-state index is 12.1. The number of carbonyl (C=O) groups is 1. The summed E-state index contributed by atoms with van der Waals surface area (Å²) >= 11 is 0. The van der Waals surface area contributed by atoms with Crippen LogP contribution in [0.2, 0.25) is 0 Å². The number of aryl methyl sites for hydroxylation is 1. The first-order valence-electron chi connectivity index (χ1n) is 8.78. The highest BCUT2D eigenvalue weighted by atomic mass is 16.5. The van der Waals surface area contributed by atoms with Gasteiger partial charge in [0.25, 0.3) is 0 Å². The number of nitrogens with zero attached hydrogens (tertiary/aromatic N) is 4. The summed E-state index contributed by atoms with van der Waals surface area (Å²) in [5.41, 5.74) is 3.37. The van der Waals surface area contributed by atoms with Crippen molar-refractivity contribution in [3.8, 4) is 17.0 Å². The molecule has 4 aromatic rings. The van der Waals surface area contributed by atoms with E-state index in [4.69, 9.17) is 4.74 Å². The van der Waals surface area contributed by atoms with Crippen molar-refractivity contribution in [2.45, 2.75) is 6.54 Å². The Balaban J connectivity index is 1.48. The number of methoxy groups -OCH3 is 1. The van der Waals surface area contributed by atoms with Gasteiger partial charge in [-0.3, -0.25) is 5.32 Å². The zero-order valence-corrected chi connectivity index (χ0v) is 15.6. The number of hydrogen-bond acceptors (Lipinski definition) is 4. The van der Waals surface area contributed by atoms with Gasteiger partial charge in [-0.05, 0) is 36.4 Å². The third-order valence-corrected chi connectivity index (χ3v) is 4.41. The van der Waals surface area contributed by atoms with E-state index in [1.165, 1.54) is 0 Å². The Hall–Kier alpha value is -3.81. The van der Waals surface area contributed by atoms with Crippen molar-refractivity contribution in [1.82, 2.24) is 24.5 Å². The van der Waals surface area contributed by atoms with Crippen molar-refractivity contribution in [3.05, 3.63) is 66.6 Å². The van der Waals surface area contributed by atoms with Crippen LogP contribution in [0.5, 0.6) is 5.75 Å². The van der Waals surface area contributed by atoms with Gasteiger partial charge in [-0.15, -0.1) is 0 Å². The number of rotatable bonds is 5. The van der Waals surface area contributed by atoms with E-state index in [0.29, 0.717) is 18.0 Å². The molecule has 3 heterocycles. The molecule has 0 spiro atoms. The zero-order valence-electron chi connectivity index (χ0n) is 15.6. The second-order valence-corrected chi connectivity index (χ2v) is 6.30. The van der Waals surface area contributed by atoms with Gasteiger partial charge in [0.15, 0.2) is 11.5 Å². The van der Waals surface area contributed by atoms with Crippen molar-refractivity contribution in [2.75, 3.05) is 12.4 Å². The van der Waals surface area contributed by atoms with Crippen molar-refractivity contribution in [3.63, 3.8) is 0 Å². The average Bonchev–Trinajstić information content (AvgIpc) is 3.30. The van der Waals surface area contributed by atoms with E-state index in [9.17, 15) is 4.79 Å². The molecule has 0 saturated carbocycles. The molecule has 0 radical (unpaired) electrons. The highest BCUT2D eigenvalue weighted by Crippen LogP contribution is 2.22. The fourth-order valence-corrected chi connectivity index (χ4v) is 2.89. The molecule has 3 aromatic heterocycles. The number of urea groups is 1. The maximum absolute atomic E-state index is 12.1. The number of hydrogen-bond donors (Lipinski definition) is 2. The molecule has 8 heteroatoms. The molecule has 4 rings (SSSR count). The van der Waals surface area contributed by atoms with E-state index in [2.05, 4.69) is 20.7 Å². The summed E-state index contributed by atoms with van der Waals surface area (Å²) in [6, 6.07) is 15.0. The van der Waals surface area contributed by atoms with E-state index in [0.717, 1.165) is 22.7 Å². The van der Waals surface area contributed by atoms with E-state index in [-0.39, 0.29) is 6.03 Å². The summed E-state index contributed by atoms with van der Waals surface area (Å²) in [5.74, 6) is 1.20. The predicted octanol–water partition coefficient (Wildman–Crippen LogP) is 3.07. The minimum absolute atomic E-state index is 0.322. The van der Waals surface area contributed by atoms with Crippen LogP contribution in [-0.2, 0) is 13.6 Å². The van der Waals surface area contributed by atoms with E-state index < -0.39 is 0 Å². The Labute approximate surface area is 161 Å². The van der Waals surface area contributed by atoms with Gasteiger partial charge >= 0.3 is 6.03 Å². The number of carbonyl (C=O) groups excluding carboxylic acids is 1. The van der Waals surface area contributed by atoms with Crippen LogP contribution in [0.3, 0.4) is 0 Å². The first kappa shape index (κ1) is 17.6. The van der Waals surface area contributed by atoms with E-state index in [1.807, 2.05) is 66.3 Å². The largest absolute Gasteiger partial charge is 0.497 e. The fourth-order valence-electron chi connectivity index (χ4n) is 2.89. The number of amides is 2. The number of benzene rings is 1. The Morgan fingerprint density at radius 3 is 2.86 bits per heavy atom. The lowest BCUT2D eigenvalue weighted by Crippen LogP contribution is -2.29. The molecule has 0 atom stereocenters. The molecule has 2 amide bonds. The average molecular weight is 376 g/mol. The molecule has 0 fully saturated rings. The first-order chi connectivity index (χ1) is 13.6. The lowest BCUT2D eigenvalue weighted by molar-refractivity contribution is 0.251. The van der Waals surface area contributed by atoms with Gasteiger partial charge in [0.05, 0.1) is 25.5 Å². The van der Waals surface area contributed by atoms with Crippen LogP contribution < -0.4 is 15.4 Å². The first-order valence-corrected chi connectivity index (χ1v) is 8.78. The summed E-state index contributed by atoms with van der Waals surface area (Å²) in [4.78, 5) is 16.5. The smallest absolute Gasteiger partial charge is 0.320 e. The van der Waals surface area contributed by atoms with Crippen molar-refractivity contribution >= 4 is 17.5 Å². The quantitative estimate of drug-likeness (QED) is 0.561. The van der Waals surface area contributed by atoms with Gasteiger partial charge < -0.3 is 14.6 Å². The van der Waals surface area contributed by atoms with Crippen molar-refractivity contribution in [1.29, 1.82) is 0 Å². The highest BCUT2D eigenvalue weighted by Gasteiger charge is 2.09. The molecule has 0 saturated heterocycles. The third-order valence-electron chi connectivity index (χ3n) is 4.41. The van der Waals surface area contributed by atoms with Crippen LogP contribution in [-0.4, -0.2) is 32.3 Å². The number of imidazole rings is 1. The molecule has 28 heavy (non-hydrogen) atoms. The summed E-state index contributed by atoms with van der Waals surface area (Å²) in [7, 11) is 3.56. The summed E-state index contributed by atoms with van der Waals surface area (Å²) in [5, 5.41) is 10.1. The third kappa shape index (κ3) is 3.66. The molecule has 0 aliphatic carbocycles. The lowest BCUT2D eigenvalue weighted by Gasteiger charge is -2.06. The van der Waals surface area contributed by atoms with Crippen LogP contribution in [0.4, 0.5) is 10.6 Å². The minimum atomic E-state index is -0.322. The molecule has 1 aromatic carbocycles. The number of anilines is 1. The number of ether oxygens (including phenoxy) is 1. The van der Waals surface area contributed by atoms with Crippen LogP contribution in [0, 0.1) is 0 Å². The fraction of sp³-hybridized carbons (Fsp3) is 0.150. The Bertz CT molecular complexity index is 1130. The molecule has 0 aliphatic heterocycles. The second kappa shape index (κ2) is 7.43. The van der Waals surface area contributed by atoms with E-state index in [1.54, 1.807) is 17.8 Å². The Morgan fingerprint density at radius 1 is 1.18 bits per heavy atom. The normalized spacial score (nSPS) is 10.8. The molecular formula is C20H20N6O2. The Morgan fingerprint density at radius 2 is 2.07 bits per heavy atom. The van der Waals surface area contributed by atoms with Gasteiger partial charge in [0.1, 0.15) is 5.75 Å². The minimum Gasteiger partial charge on any atom is -0.497 e. The van der Waals surface area contributed by atoms with E-state index >= 15 is 0 Å². The van der Waals surface area contributed by atoms with Gasteiger partial charge in [0.2, 0.25) is 0 Å². The molecule has 0 aliphatic rings. The van der Waals surface area contributed by atoms with Crippen LogP contribution in [0.25, 0.3) is 16.9 Å². The summed E-state index contributed by atoms with van der Waals surface area (Å²) < 4.78 is 8.86. The molecule has 2 N–H and O–H groups in total. The number of aromatic nitrogens is 4. The SMILES string of the molecule is COc1cccc(-c2ccc3nc(NC(=O)NCc4cccn4C)cn3n2)c1. The van der Waals surface area contributed by atoms with Gasteiger partial charge in [-0.1, -0.05) is 12.1 Å². The topological polar surface area (TPSA) is 85.5 Å². The molecule has 0 unspecified atom stereocenters. The predicted molar refractivity (Wildman–Crippen MR) is 106 cm³/mol. The van der Waals surface area contributed by atoms with Gasteiger partial charge in [-0.2, -0.15) is 5.10 Å². The maximum Gasteiger partial charge on any atom is 0.320 e. The highest BCUT2D eigenvalue weighted by molar-refractivity contribution is 5.88. The zero-order chi connectivity index (χ0) is 19.5. The van der Waals surface area contributed by atoms with Crippen LogP contribution in [0.15, 0.2) is 60.9 Å². The standard InChI is InChI=1S/C20H20N6O2/c1-25-10-4-6-15(25)12-21-20(27)23-18-13-26-19(22-18)9-8-17(24-26)14-5-3-7-16(11-14)28-2/h3-11,13H,12H2,1-2H3,(H2,21,23,27). The molecular weight excluding hydrogens is 356 g/mol. The van der Waals surface area contributed by atoms with Crippen molar-refractivity contribution < 1.29 is 9.53 Å². The van der Waals surface area contributed by atoms with Gasteiger partial charge in [-0.25, -0.2) is 14.3 Å². The summed E-state index contributed by atoms with van der Waals surface area (Å²) in [6.45, 7) is 0.431. The Kier molecular flexibility index (Phi) is 4.67. The number of nitrogens with one attached hydrogen (secondary N) is 2. The molecule has 8 nitrogen and oxygen atoms in total. The summed E-state index contributed by atoms with van der Waals surface area (Å²) in [6.07, 6.45) is 3.61. The second-order valence-electron chi connectivity index (χ2n) is 6.30. The lowest BCUT2D eigenvalue weighted by atomic mass is 10.1. The van der Waals surface area contributed by atoms with Crippen LogP contribution in [0.1, 0.15) is 5.69 Å². The molecule has 0 bridgehead atoms. The monoisotopic (exact) mass is 376 g/mol. The van der Waals surface area contributed by atoms with Gasteiger partial charge in [0, 0.05) is 24.5 Å². The molecule has 142 valence electrons. The van der Waals surface area contributed by atoms with Crippen molar-refractivity contribution in [2.24, 2.45) is 7.05 Å².